The molecule has 0 amide bonds. The van der Waals surface area contributed by atoms with Crippen LogP contribution >= 0.6 is 0 Å². The quantitative estimate of drug-likeness (QED) is 0.544. The zero-order valence-electron chi connectivity index (χ0n) is 15.1. The Kier molecular flexibility index (Phi) is 4.87. The molecule has 0 aliphatic carbocycles. The lowest BCUT2D eigenvalue weighted by atomic mass is 10.1. The van der Waals surface area contributed by atoms with Crippen molar-refractivity contribution < 1.29 is 0 Å². The molecule has 6 heteroatoms. The minimum atomic E-state index is 0.485. The fourth-order valence-electron chi connectivity index (χ4n) is 2.86. The van der Waals surface area contributed by atoms with E-state index in [1.165, 1.54) is 5.56 Å². The second-order valence-electron chi connectivity index (χ2n) is 6.21. The van der Waals surface area contributed by atoms with E-state index >= 15 is 0 Å². The van der Waals surface area contributed by atoms with Gasteiger partial charge in [0.25, 0.3) is 0 Å². The number of rotatable bonds is 6. The van der Waals surface area contributed by atoms with Gasteiger partial charge in [-0.1, -0.05) is 55.5 Å². The van der Waals surface area contributed by atoms with Crippen LogP contribution in [0.3, 0.4) is 0 Å². The Morgan fingerprint density at radius 3 is 2.67 bits per heavy atom. The van der Waals surface area contributed by atoms with Crippen LogP contribution in [0.4, 0.5) is 5.95 Å². The first kappa shape index (κ1) is 16.9. The van der Waals surface area contributed by atoms with E-state index in [0.717, 1.165) is 34.6 Å². The summed E-state index contributed by atoms with van der Waals surface area (Å²) in [6, 6.07) is 20.4. The van der Waals surface area contributed by atoms with Crippen LogP contribution in [-0.4, -0.2) is 25.4 Å². The van der Waals surface area contributed by atoms with Gasteiger partial charge in [0.2, 0.25) is 5.95 Å². The van der Waals surface area contributed by atoms with Crippen molar-refractivity contribution in [2.24, 2.45) is 0 Å². The third-order valence-corrected chi connectivity index (χ3v) is 4.33. The van der Waals surface area contributed by atoms with Crippen LogP contribution in [0.15, 0.2) is 66.9 Å². The third-order valence-electron chi connectivity index (χ3n) is 4.33. The number of nitrogens with one attached hydrogen (secondary N) is 2. The Labute approximate surface area is 157 Å². The zero-order chi connectivity index (χ0) is 18.5. The van der Waals surface area contributed by atoms with Crippen molar-refractivity contribution in [2.45, 2.75) is 19.9 Å². The highest BCUT2D eigenvalue weighted by atomic mass is 15.2. The van der Waals surface area contributed by atoms with Gasteiger partial charge in [0, 0.05) is 5.56 Å². The molecule has 0 saturated carbocycles. The average molecular weight is 356 g/mol. The van der Waals surface area contributed by atoms with Gasteiger partial charge in [-0.05, 0) is 29.7 Å². The van der Waals surface area contributed by atoms with Crippen LogP contribution < -0.4 is 5.32 Å². The summed E-state index contributed by atoms with van der Waals surface area (Å²) >= 11 is 0. The highest BCUT2D eigenvalue weighted by Crippen LogP contribution is 2.19. The first-order valence-electron chi connectivity index (χ1n) is 8.94. The highest BCUT2D eigenvalue weighted by Gasteiger charge is 2.07. The molecule has 0 aliphatic heterocycles. The third kappa shape index (κ3) is 4.00. The number of anilines is 1. The first-order valence-corrected chi connectivity index (χ1v) is 8.94. The minimum absolute atomic E-state index is 0.485. The normalized spacial score (nSPS) is 10.7. The lowest BCUT2D eigenvalue weighted by Gasteiger charge is -2.05. The van der Waals surface area contributed by atoms with Gasteiger partial charge < -0.3 is 5.32 Å². The topological polar surface area (TPSA) is 79.4 Å². The molecule has 2 heterocycles. The van der Waals surface area contributed by atoms with Crippen molar-refractivity contribution in [3.05, 3.63) is 78.1 Å². The van der Waals surface area contributed by atoms with E-state index < -0.39 is 0 Å². The van der Waals surface area contributed by atoms with Crippen molar-refractivity contribution in [3.63, 3.8) is 0 Å². The van der Waals surface area contributed by atoms with Crippen LogP contribution in [0, 0.1) is 0 Å². The van der Waals surface area contributed by atoms with Crippen LogP contribution in [0.25, 0.3) is 22.5 Å². The molecule has 6 nitrogen and oxygen atoms in total. The summed E-state index contributed by atoms with van der Waals surface area (Å²) in [4.78, 5) is 4.58. The van der Waals surface area contributed by atoms with Crippen LogP contribution in [0.1, 0.15) is 18.2 Å². The molecule has 0 atom stereocenters. The van der Waals surface area contributed by atoms with E-state index in [2.05, 4.69) is 49.8 Å². The molecule has 0 aliphatic rings. The zero-order valence-corrected chi connectivity index (χ0v) is 15.1. The average Bonchev–Trinajstić information content (AvgIpc) is 3.22. The largest absolute Gasteiger partial charge is 0.347 e. The summed E-state index contributed by atoms with van der Waals surface area (Å²) in [7, 11) is 0. The number of aryl methyl sites for hydroxylation is 1. The van der Waals surface area contributed by atoms with Gasteiger partial charge in [-0.15, -0.1) is 5.10 Å². The summed E-state index contributed by atoms with van der Waals surface area (Å²) < 4.78 is 0. The predicted octanol–water partition coefficient (Wildman–Crippen LogP) is 4.10. The van der Waals surface area contributed by atoms with E-state index in [4.69, 9.17) is 0 Å². The second-order valence-corrected chi connectivity index (χ2v) is 6.21. The molecule has 0 spiro atoms. The van der Waals surface area contributed by atoms with E-state index in [-0.39, 0.29) is 0 Å². The maximum atomic E-state index is 4.58. The smallest absolute Gasteiger partial charge is 0.243 e. The number of aromatic nitrogens is 5. The molecule has 4 aromatic rings. The summed E-state index contributed by atoms with van der Waals surface area (Å²) in [5, 5.41) is 18.8. The van der Waals surface area contributed by atoms with E-state index in [1.54, 1.807) is 6.20 Å². The van der Waals surface area contributed by atoms with Gasteiger partial charge in [0.05, 0.1) is 29.8 Å². The van der Waals surface area contributed by atoms with Crippen molar-refractivity contribution in [1.82, 2.24) is 25.4 Å². The maximum absolute atomic E-state index is 4.58. The minimum Gasteiger partial charge on any atom is -0.347 e. The molecular weight excluding hydrogens is 336 g/mol. The van der Waals surface area contributed by atoms with Gasteiger partial charge in [0.1, 0.15) is 0 Å². The van der Waals surface area contributed by atoms with Crippen molar-refractivity contribution in [3.8, 4) is 22.5 Å². The molecule has 2 aromatic heterocycles. The number of benzene rings is 2. The molecule has 2 aromatic carbocycles. The summed E-state index contributed by atoms with van der Waals surface area (Å²) in [5.41, 5.74) is 6.08. The fraction of sp³-hybridized carbons (Fsp3) is 0.143. The SMILES string of the molecule is CCc1cccc(-c2cnnc(NCc3cc(-c4ccccc4)[nH]n3)n2)c1. The molecule has 2 N–H and O–H groups in total. The number of H-pyrrole nitrogens is 1. The standard InChI is InChI=1S/C21H20N6/c1-2-15-7-6-10-17(11-15)20-14-23-27-21(24-20)22-13-18-12-19(26-25-18)16-8-4-3-5-9-16/h3-12,14H,2,13H2,1H3,(H,25,26)(H,22,24,27). The summed E-state index contributed by atoms with van der Waals surface area (Å²) in [6.45, 7) is 2.65. The monoisotopic (exact) mass is 356 g/mol. The van der Waals surface area contributed by atoms with Crippen LogP contribution in [0.5, 0.6) is 0 Å². The Hall–Kier alpha value is -3.54. The van der Waals surface area contributed by atoms with Crippen molar-refractivity contribution in [2.75, 3.05) is 5.32 Å². The van der Waals surface area contributed by atoms with Crippen LogP contribution in [0.2, 0.25) is 0 Å². The van der Waals surface area contributed by atoms with Gasteiger partial charge in [-0.2, -0.15) is 10.2 Å². The Bertz CT molecular complexity index is 1030. The lowest BCUT2D eigenvalue weighted by molar-refractivity contribution is 0.923. The van der Waals surface area contributed by atoms with Gasteiger partial charge >= 0.3 is 0 Å². The Morgan fingerprint density at radius 2 is 1.81 bits per heavy atom. The number of aromatic amines is 1. The highest BCUT2D eigenvalue weighted by molar-refractivity contribution is 5.60. The van der Waals surface area contributed by atoms with Gasteiger partial charge in [0.15, 0.2) is 0 Å². The molecule has 27 heavy (non-hydrogen) atoms. The van der Waals surface area contributed by atoms with E-state index in [0.29, 0.717) is 12.5 Å². The molecule has 0 fully saturated rings. The Balaban J connectivity index is 1.47. The summed E-state index contributed by atoms with van der Waals surface area (Å²) in [6.07, 6.45) is 2.67. The molecule has 0 bridgehead atoms. The fourth-order valence-corrected chi connectivity index (χ4v) is 2.86. The number of nitrogens with zero attached hydrogens (tertiary/aromatic N) is 4. The Morgan fingerprint density at radius 1 is 0.963 bits per heavy atom. The number of hydrogen-bond donors (Lipinski definition) is 2. The van der Waals surface area contributed by atoms with E-state index in [1.807, 2.05) is 48.5 Å². The second kappa shape index (κ2) is 7.78. The van der Waals surface area contributed by atoms with Crippen molar-refractivity contribution in [1.29, 1.82) is 0 Å². The lowest BCUT2D eigenvalue weighted by Crippen LogP contribution is -2.05. The van der Waals surface area contributed by atoms with Crippen LogP contribution in [-0.2, 0) is 13.0 Å². The summed E-state index contributed by atoms with van der Waals surface area (Å²) in [5.74, 6) is 0.485. The molecule has 0 saturated heterocycles. The van der Waals surface area contributed by atoms with Gasteiger partial charge in [-0.3, -0.25) is 5.10 Å². The van der Waals surface area contributed by atoms with Gasteiger partial charge in [-0.25, -0.2) is 4.98 Å². The number of hydrogen-bond acceptors (Lipinski definition) is 5. The van der Waals surface area contributed by atoms with E-state index in [9.17, 15) is 0 Å². The molecule has 4 rings (SSSR count). The van der Waals surface area contributed by atoms with Crippen molar-refractivity contribution >= 4 is 5.95 Å². The first-order chi connectivity index (χ1) is 13.3. The maximum Gasteiger partial charge on any atom is 0.243 e. The molecular formula is C21H20N6. The molecule has 0 unspecified atom stereocenters. The molecule has 134 valence electrons. The molecule has 0 radical (unpaired) electrons. The predicted molar refractivity (Wildman–Crippen MR) is 106 cm³/mol.